The van der Waals surface area contributed by atoms with Gasteiger partial charge in [0.05, 0.1) is 18.2 Å². The highest BCUT2D eigenvalue weighted by atomic mass is 127. The minimum atomic E-state index is -4.48. The highest BCUT2D eigenvalue weighted by Gasteiger charge is 2.31. The number of ether oxygens (including phenoxy) is 1. The predicted octanol–water partition coefficient (Wildman–Crippen LogP) is 3.56. The van der Waals surface area contributed by atoms with E-state index in [9.17, 15) is 18.0 Å². The number of carbonyl (C=O) groups excluding carboxylic acids is 1. The molecule has 0 heterocycles. The highest BCUT2D eigenvalue weighted by Crippen LogP contribution is 2.40. The van der Waals surface area contributed by atoms with Crippen LogP contribution < -0.4 is 0 Å². The van der Waals surface area contributed by atoms with Crippen molar-refractivity contribution in [3.8, 4) is 6.07 Å². The van der Waals surface area contributed by atoms with Crippen LogP contribution >= 0.6 is 34.4 Å². The van der Waals surface area contributed by atoms with Crippen LogP contribution in [0.1, 0.15) is 15.9 Å². The van der Waals surface area contributed by atoms with Gasteiger partial charge in [-0.05, 0) is 46.5 Å². The summed E-state index contributed by atoms with van der Waals surface area (Å²) in [6, 6.07) is 3.97. The Morgan fingerprint density at radius 3 is 2.56 bits per heavy atom. The standard InChI is InChI=1S/C10H5F3INO2S/c1-17-9(16)5-2-3-7(18-10(11,12)13)6(4-15)8(5)14/h2-3H,1H3. The fourth-order valence-corrected chi connectivity index (χ4v) is 2.77. The summed E-state index contributed by atoms with van der Waals surface area (Å²) >= 11 is 1.27. The SMILES string of the molecule is COC(=O)c1ccc(SC(F)(F)F)c(C#N)c1I. The lowest BCUT2D eigenvalue weighted by Crippen LogP contribution is -2.07. The van der Waals surface area contributed by atoms with Crippen LogP contribution in [0.5, 0.6) is 0 Å². The maximum absolute atomic E-state index is 12.3. The Morgan fingerprint density at radius 2 is 2.11 bits per heavy atom. The lowest BCUT2D eigenvalue weighted by molar-refractivity contribution is -0.0328. The van der Waals surface area contributed by atoms with Crippen molar-refractivity contribution in [1.29, 1.82) is 5.26 Å². The number of alkyl halides is 3. The second-order valence-electron chi connectivity index (χ2n) is 2.95. The molecule has 18 heavy (non-hydrogen) atoms. The van der Waals surface area contributed by atoms with Gasteiger partial charge in [0.25, 0.3) is 0 Å². The van der Waals surface area contributed by atoms with E-state index in [0.29, 0.717) is 0 Å². The molecule has 0 N–H and O–H groups in total. The minimum absolute atomic E-state index is 0.0705. The number of thioether (sulfide) groups is 1. The molecule has 0 unspecified atom stereocenters. The molecule has 0 saturated carbocycles. The number of hydrogen-bond acceptors (Lipinski definition) is 4. The molecule has 0 atom stereocenters. The Morgan fingerprint density at radius 1 is 1.50 bits per heavy atom. The molecule has 0 amide bonds. The Balaban J connectivity index is 3.31. The molecule has 1 aromatic rings. The number of nitrogens with zero attached hydrogens (tertiary/aromatic N) is 1. The maximum Gasteiger partial charge on any atom is 0.446 e. The van der Waals surface area contributed by atoms with Gasteiger partial charge in [0.15, 0.2) is 0 Å². The van der Waals surface area contributed by atoms with Crippen LogP contribution in [0, 0.1) is 14.9 Å². The van der Waals surface area contributed by atoms with Gasteiger partial charge in [-0.25, -0.2) is 4.79 Å². The summed E-state index contributed by atoms with van der Waals surface area (Å²) in [7, 11) is 1.16. The van der Waals surface area contributed by atoms with Crippen molar-refractivity contribution in [3.63, 3.8) is 0 Å². The van der Waals surface area contributed by atoms with Gasteiger partial charge >= 0.3 is 11.5 Å². The summed E-state index contributed by atoms with van der Waals surface area (Å²) in [5, 5.41) is 8.89. The van der Waals surface area contributed by atoms with Crippen LogP contribution in [0.4, 0.5) is 13.2 Å². The number of benzene rings is 1. The first-order valence-electron chi connectivity index (χ1n) is 4.36. The van der Waals surface area contributed by atoms with Crippen LogP contribution in [-0.2, 0) is 4.74 Å². The van der Waals surface area contributed by atoms with Crippen molar-refractivity contribution in [2.24, 2.45) is 0 Å². The number of hydrogen-bond donors (Lipinski definition) is 0. The topological polar surface area (TPSA) is 50.1 Å². The average molecular weight is 387 g/mol. The summed E-state index contributed by atoms with van der Waals surface area (Å²) in [5.41, 5.74) is -4.59. The van der Waals surface area contributed by atoms with Gasteiger partial charge in [-0.2, -0.15) is 18.4 Å². The number of rotatable bonds is 2. The minimum Gasteiger partial charge on any atom is -0.465 e. The fourth-order valence-electron chi connectivity index (χ4n) is 1.14. The molecule has 3 nitrogen and oxygen atoms in total. The van der Waals surface area contributed by atoms with E-state index in [4.69, 9.17) is 5.26 Å². The van der Waals surface area contributed by atoms with E-state index in [-0.39, 0.29) is 31.4 Å². The van der Waals surface area contributed by atoms with Crippen molar-refractivity contribution in [2.45, 2.75) is 10.4 Å². The number of methoxy groups -OCH3 is 1. The molecule has 0 bridgehead atoms. The predicted molar refractivity (Wildman–Crippen MR) is 67.1 cm³/mol. The van der Waals surface area contributed by atoms with Crippen LogP contribution in [0.3, 0.4) is 0 Å². The van der Waals surface area contributed by atoms with E-state index in [1.54, 1.807) is 28.7 Å². The van der Waals surface area contributed by atoms with E-state index in [2.05, 4.69) is 4.74 Å². The molecule has 0 aliphatic heterocycles. The third-order valence-electron chi connectivity index (χ3n) is 1.85. The van der Waals surface area contributed by atoms with Crippen LogP contribution in [0.25, 0.3) is 0 Å². The second-order valence-corrected chi connectivity index (χ2v) is 5.14. The van der Waals surface area contributed by atoms with Gasteiger partial charge in [-0.1, -0.05) is 0 Å². The van der Waals surface area contributed by atoms with Crippen molar-refractivity contribution in [3.05, 3.63) is 26.8 Å². The normalized spacial score (nSPS) is 10.9. The second kappa shape index (κ2) is 5.79. The fraction of sp³-hybridized carbons (Fsp3) is 0.200. The van der Waals surface area contributed by atoms with Crippen molar-refractivity contribution in [2.75, 3.05) is 7.11 Å². The lowest BCUT2D eigenvalue weighted by atomic mass is 10.1. The van der Waals surface area contributed by atoms with Crippen molar-refractivity contribution in [1.82, 2.24) is 0 Å². The largest absolute Gasteiger partial charge is 0.465 e. The maximum atomic E-state index is 12.3. The molecule has 1 aromatic carbocycles. The average Bonchev–Trinajstić information content (AvgIpc) is 2.26. The summed E-state index contributed by atoms with van der Waals surface area (Å²) in [6.07, 6.45) is 0. The van der Waals surface area contributed by atoms with Crippen LogP contribution in [0.15, 0.2) is 17.0 Å². The molecule has 0 fully saturated rings. The highest BCUT2D eigenvalue weighted by molar-refractivity contribution is 14.1. The van der Waals surface area contributed by atoms with Gasteiger partial charge in [-0.15, -0.1) is 0 Å². The molecule has 0 aliphatic carbocycles. The molecule has 0 saturated heterocycles. The zero-order valence-corrected chi connectivity index (χ0v) is 11.8. The molecule has 1 rings (SSSR count). The third-order valence-corrected chi connectivity index (χ3v) is 3.76. The number of esters is 1. The van der Waals surface area contributed by atoms with E-state index in [1.165, 1.54) is 6.07 Å². The zero-order chi connectivity index (χ0) is 13.9. The lowest BCUT2D eigenvalue weighted by Gasteiger charge is -2.10. The summed E-state index contributed by atoms with van der Waals surface area (Å²) in [5.74, 6) is -0.695. The van der Waals surface area contributed by atoms with E-state index in [1.807, 2.05) is 0 Å². The molecule has 0 aliphatic rings. The van der Waals surface area contributed by atoms with Gasteiger partial charge in [0.2, 0.25) is 0 Å². The Kier molecular flexibility index (Phi) is 4.86. The van der Waals surface area contributed by atoms with E-state index >= 15 is 0 Å². The third kappa shape index (κ3) is 3.52. The van der Waals surface area contributed by atoms with Gasteiger partial charge in [0, 0.05) is 8.47 Å². The first-order valence-corrected chi connectivity index (χ1v) is 6.26. The van der Waals surface area contributed by atoms with Crippen LogP contribution in [-0.4, -0.2) is 18.6 Å². The molecule has 0 spiro atoms. The summed E-state index contributed by atoms with van der Waals surface area (Å²) in [4.78, 5) is 11.1. The van der Waals surface area contributed by atoms with Crippen LogP contribution in [0.2, 0.25) is 0 Å². The Labute approximate surface area is 118 Å². The van der Waals surface area contributed by atoms with Gasteiger partial charge in [-0.3, -0.25) is 0 Å². The molecular formula is C10H5F3INO2S. The number of carbonyl (C=O) groups is 1. The van der Waals surface area contributed by atoms with Gasteiger partial charge in [0.1, 0.15) is 6.07 Å². The molecule has 8 heteroatoms. The van der Waals surface area contributed by atoms with E-state index < -0.39 is 11.5 Å². The first kappa shape index (κ1) is 15.1. The quantitative estimate of drug-likeness (QED) is 0.443. The smallest absolute Gasteiger partial charge is 0.446 e. The monoisotopic (exact) mass is 387 g/mol. The summed E-state index contributed by atoms with van der Waals surface area (Å²) < 4.78 is 41.4. The summed E-state index contributed by atoms with van der Waals surface area (Å²) in [6.45, 7) is 0. The zero-order valence-electron chi connectivity index (χ0n) is 8.84. The molecular weight excluding hydrogens is 382 g/mol. The number of nitriles is 1. The Hall–Kier alpha value is -0.950. The molecule has 0 radical (unpaired) electrons. The number of halogens is 4. The molecule has 96 valence electrons. The van der Waals surface area contributed by atoms with Crippen molar-refractivity contribution < 1.29 is 22.7 Å². The van der Waals surface area contributed by atoms with Crippen molar-refractivity contribution >= 4 is 40.3 Å². The molecule has 0 aromatic heterocycles. The van der Waals surface area contributed by atoms with Gasteiger partial charge < -0.3 is 4.74 Å². The Bertz CT molecular complexity index is 525. The first-order chi connectivity index (χ1) is 8.30. The van der Waals surface area contributed by atoms with E-state index in [0.717, 1.165) is 13.2 Å².